The molecule has 9 rings (SSSR count). The Morgan fingerprint density at radius 2 is 0.750 bits per heavy atom. The molecule has 0 radical (unpaired) electrons. The Bertz CT molecular complexity index is 3660. The molecule has 56 heavy (non-hydrogen) atoms. The summed E-state index contributed by atoms with van der Waals surface area (Å²) in [6, 6.07) is 7.50. The number of rotatable bonds is 2. The maximum atomic E-state index is 12.3. The van der Waals surface area contributed by atoms with E-state index in [1.54, 1.807) is 0 Å². The number of benzene rings is 4. The Morgan fingerprint density at radius 1 is 0.393 bits per heavy atom. The third kappa shape index (κ3) is 5.73. The summed E-state index contributed by atoms with van der Waals surface area (Å²) in [5, 5.41) is 0.909. The molecule has 5 heterocycles. The molecule has 0 fully saturated rings. The first kappa shape index (κ1) is 37.9. The van der Waals surface area contributed by atoms with Gasteiger partial charge in [0, 0.05) is 21.5 Å². The molecule has 0 amide bonds. The summed E-state index contributed by atoms with van der Waals surface area (Å²) in [6.07, 6.45) is 0. The van der Waals surface area contributed by atoms with Gasteiger partial charge in [-0.1, -0.05) is 92.8 Å². The van der Waals surface area contributed by atoms with E-state index in [2.05, 4.69) is 19.9 Å². The van der Waals surface area contributed by atoms with Crippen molar-refractivity contribution in [2.45, 2.75) is 9.79 Å². The maximum absolute atomic E-state index is 12.3. The van der Waals surface area contributed by atoms with Crippen molar-refractivity contribution >= 4 is 179 Å². The van der Waals surface area contributed by atoms with Crippen molar-refractivity contribution in [3.05, 3.63) is 98.5 Å². The number of nitrogens with one attached hydrogen (secondary N) is 4. The van der Waals surface area contributed by atoms with E-state index in [4.69, 9.17) is 113 Å². The Kier molecular flexibility index (Phi) is 8.77. The first-order valence-corrected chi connectivity index (χ1v) is 21.1. The Labute approximate surface area is 350 Å². The van der Waals surface area contributed by atoms with Gasteiger partial charge in [-0.25, -0.2) is 20.0 Å². The van der Waals surface area contributed by atoms with Crippen molar-refractivity contribution in [1.29, 1.82) is 0 Å². The molecule has 284 valence electrons. The van der Waals surface area contributed by atoms with E-state index in [1.807, 2.05) is 0 Å². The number of halogens is 8. The van der Waals surface area contributed by atoms with Crippen LogP contribution in [0.4, 0.5) is 23.3 Å². The van der Waals surface area contributed by atoms with Gasteiger partial charge < -0.3 is 19.9 Å². The number of fused-ring (bicyclic) bond motifs is 20. The van der Waals surface area contributed by atoms with E-state index in [9.17, 15) is 25.9 Å². The zero-order valence-corrected chi connectivity index (χ0v) is 34.3. The number of nitrogens with zero attached hydrogens (tertiary/aromatic N) is 4. The molecule has 4 aromatic heterocycles. The van der Waals surface area contributed by atoms with Crippen LogP contribution in [0.1, 0.15) is 0 Å². The fourth-order valence-electron chi connectivity index (χ4n) is 6.43. The molecular weight excluding hydrogens is 940 g/mol. The molecule has 0 atom stereocenters. The van der Waals surface area contributed by atoms with Crippen molar-refractivity contribution in [3.63, 3.8) is 0 Å². The molecule has 1 aliphatic rings. The van der Waals surface area contributed by atoms with E-state index in [1.165, 1.54) is 36.4 Å². The second-order valence-electron chi connectivity index (χ2n) is 12.1. The highest BCUT2D eigenvalue weighted by Gasteiger charge is 2.26. The SMILES string of the molecule is O=S(=O)(O)c1ccc2c3[nH]c(c2c1)N=c1[nH]c(c2c(Cl)c(Cl)c(Cl)c(Cl)c12)=Nc1[nH]c(c2c(Cl)c(Cl)c(Cl)c(Cl)c12)N=c1[nH]c(c2ccc(S(=O)(=O)O)cc12)=N3. The fourth-order valence-corrected chi connectivity index (χ4v) is 9.51. The Balaban J connectivity index is 1.56. The predicted octanol–water partition coefficient (Wildman–Crippen LogP) is 9.45. The van der Waals surface area contributed by atoms with E-state index in [0.29, 0.717) is 10.8 Å². The molecule has 24 heteroatoms. The molecule has 4 aromatic carbocycles. The lowest BCUT2D eigenvalue weighted by atomic mass is 10.2. The Morgan fingerprint density at radius 3 is 1.27 bits per heavy atom. The smallest absolute Gasteiger partial charge is 0.294 e. The molecule has 14 nitrogen and oxygen atoms in total. The minimum absolute atomic E-state index is 0.00840. The predicted molar refractivity (Wildman–Crippen MR) is 216 cm³/mol. The van der Waals surface area contributed by atoms with Gasteiger partial charge >= 0.3 is 0 Å². The monoisotopic (exact) mass is 948 g/mol. The van der Waals surface area contributed by atoms with Crippen LogP contribution in [0, 0.1) is 0 Å². The van der Waals surface area contributed by atoms with E-state index >= 15 is 0 Å². The number of hydrogen-bond acceptors (Lipinski definition) is 8. The number of hydrogen-bond donors (Lipinski definition) is 6. The van der Waals surface area contributed by atoms with Gasteiger partial charge in [-0.15, -0.1) is 0 Å². The third-order valence-electron chi connectivity index (χ3n) is 8.92. The van der Waals surface area contributed by atoms with Crippen LogP contribution in [-0.2, 0) is 20.2 Å². The first-order chi connectivity index (χ1) is 26.3. The summed E-state index contributed by atoms with van der Waals surface area (Å²) in [4.78, 5) is 30.5. The van der Waals surface area contributed by atoms with Crippen molar-refractivity contribution in [1.82, 2.24) is 19.9 Å². The van der Waals surface area contributed by atoms with Crippen LogP contribution < -0.4 is 22.0 Å². The van der Waals surface area contributed by atoms with Gasteiger partial charge in [-0.2, -0.15) is 16.8 Å². The van der Waals surface area contributed by atoms with Crippen LogP contribution in [0.15, 0.2) is 66.2 Å². The highest BCUT2D eigenvalue weighted by molar-refractivity contribution is 7.86. The molecule has 0 spiro atoms. The summed E-state index contributed by atoms with van der Waals surface area (Å²) in [5.41, 5.74) is 0.160. The largest absolute Gasteiger partial charge is 0.324 e. The zero-order chi connectivity index (χ0) is 39.9. The lowest BCUT2D eigenvalue weighted by Gasteiger charge is -2.05. The van der Waals surface area contributed by atoms with E-state index < -0.39 is 30.0 Å². The summed E-state index contributed by atoms with van der Waals surface area (Å²) in [7, 11) is -9.38. The summed E-state index contributed by atoms with van der Waals surface area (Å²) in [6.45, 7) is 0. The second-order valence-corrected chi connectivity index (χ2v) is 18.0. The molecule has 6 N–H and O–H groups in total. The first-order valence-electron chi connectivity index (χ1n) is 15.2. The Hall–Kier alpha value is -3.62. The fraction of sp³-hybridized carbons (Fsp3) is 0. The summed E-state index contributed by atoms with van der Waals surface area (Å²) >= 11 is 53.3. The summed E-state index contributed by atoms with van der Waals surface area (Å²) < 4.78 is 68.9. The lowest BCUT2D eigenvalue weighted by molar-refractivity contribution is 0.481. The quantitative estimate of drug-likeness (QED) is 0.0562. The lowest BCUT2D eigenvalue weighted by Crippen LogP contribution is -2.10. The van der Waals surface area contributed by atoms with Gasteiger partial charge in [0.05, 0.1) is 71.5 Å². The summed E-state index contributed by atoms with van der Waals surface area (Å²) in [5.74, 6) is 0.160. The van der Waals surface area contributed by atoms with Gasteiger partial charge in [0.25, 0.3) is 20.2 Å². The highest BCUT2D eigenvalue weighted by Crippen LogP contribution is 2.50. The van der Waals surface area contributed by atoms with Gasteiger partial charge in [0.15, 0.2) is 0 Å². The molecule has 0 saturated heterocycles. The van der Waals surface area contributed by atoms with Gasteiger partial charge in [0.1, 0.15) is 45.2 Å². The van der Waals surface area contributed by atoms with Crippen LogP contribution in [0.25, 0.3) is 43.1 Å². The molecule has 8 aromatic rings. The third-order valence-corrected chi connectivity index (χ3v) is 14.2. The minimum Gasteiger partial charge on any atom is -0.324 e. The van der Waals surface area contributed by atoms with Gasteiger partial charge in [-0.05, 0) is 36.4 Å². The van der Waals surface area contributed by atoms with Crippen LogP contribution in [-0.4, -0.2) is 45.9 Å². The van der Waals surface area contributed by atoms with Crippen LogP contribution in [0.3, 0.4) is 0 Å². The van der Waals surface area contributed by atoms with Gasteiger partial charge in [0.2, 0.25) is 0 Å². The highest BCUT2D eigenvalue weighted by atomic mass is 35.5. The molecule has 0 unspecified atom stereocenters. The molecule has 0 saturated carbocycles. The molecule has 1 aliphatic heterocycles. The van der Waals surface area contributed by atoms with E-state index in [-0.39, 0.29) is 118 Å². The number of aromatic amines is 4. The number of H-pyrrole nitrogens is 4. The standard InChI is InChI=1S/C32H12Cl8N8O6S2/c33-17-13-15(19(35)23(39)21(17)37)31-46-29(13)44-27-11-5-7(55(49,50)51)1-3-9(11)25(42-27)41-26-10-4-2-8(56(52,53)54)6-12(10)28(43-26)45-30-14-16(32(47-30)48-31)20(36)24(40)22(38)18(14)34/h1-6H,(H,49,50,51)(H,52,53,54)(H4,41,42,43,44,45,46,47,48). The zero-order valence-electron chi connectivity index (χ0n) is 26.6. The van der Waals surface area contributed by atoms with E-state index in [0.717, 1.165) is 0 Å². The van der Waals surface area contributed by atoms with Crippen molar-refractivity contribution in [2.75, 3.05) is 0 Å². The molecular formula is C32H12Cl8N8O6S2. The number of aromatic nitrogens is 4. The normalized spacial score (nSPS) is 13.3. The molecule has 8 bridgehead atoms. The average Bonchev–Trinajstić information content (AvgIpc) is 3.88. The van der Waals surface area contributed by atoms with Gasteiger partial charge in [-0.3, -0.25) is 9.11 Å². The average molecular weight is 952 g/mol. The van der Waals surface area contributed by atoms with Crippen LogP contribution in [0.2, 0.25) is 40.2 Å². The maximum Gasteiger partial charge on any atom is 0.294 e. The second kappa shape index (κ2) is 12.9. The van der Waals surface area contributed by atoms with Crippen molar-refractivity contribution < 1.29 is 25.9 Å². The van der Waals surface area contributed by atoms with Crippen molar-refractivity contribution in [2.24, 2.45) is 20.0 Å². The van der Waals surface area contributed by atoms with Crippen LogP contribution in [0.5, 0.6) is 0 Å². The molecule has 0 aliphatic carbocycles. The van der Waals surface area contributed by atoms with Crippen LogP contribution >= 0.6 is 92.8 Å². The minimum atomic E-state index is -4.69. The van der Waals surface area contributed by atoms with Crippen molar-refractivity contribution in [3.8, 4) is 0 Å². The topological polar surface area (TPSA) is 221 Å².